The molecule has 1 heterocycles. The number of imidazole rings is 1. The number of carbonyl (C=O) groups excluding carboxylic acids is 1. The van der Waals surface area contributed by atoms with Crippen molar-refractivity contribution in [3.63, 3.8) is 0 Å². The lowest BCUT2D eigenvalue weighted by Crippen LogP contribution is -1.96. The Kier molecular flexibility index (Phi) is 3.29. The Hall–Kier alpha value is -2.76. The van der Waals surface area contributed by atoms with Crippen molar-refractivity contribution in [2.75, 3.05) is 0 Å². The Morgan fingerprint density at radius 2 is 2.28 bits per heavy atom. The van der Waals surface area contributed by atoms with Crippen molar-refractivity contribution in [2.24, 2.45) is 0 Å². The number of allylic oxidation sites excluding steroid dienone is 1. The largest absolute Gasteiger partial charge is 0.345 e. The van der Waals surface area contributed by atoms with Crippen LogP contribution in [0.2, 0.25) is 0 Å². The number of hydrogen-bond donors (Lipinski definition) is 1. The monoisotopic (exact) mass is 243 g/mol. The maximum Gasteiger partial charge on any atom is 0.270 e. The molecule has 0 aliphatic heterocycles. The van der Waals surface area contributed by atoms with Gasteiger partial charge in [0, 0.05) is 17.7 Å². The minimum atomic E-state index is -0.532. The first-order valence-corrected chi connectivity index (χ1v) is 5.12. The van der Waals surface area contributed by atoms with Gasteiger partial charge < -0.3 is 4.98 Å². The predicted octanol–water partition coefficient (Wildman–Crippen LogP) is 2.21. The average Bonchev–Trinajstić information content (AvgIpc) is 2.89. The molecule has 6 nitrogen and oxygen atoms in total. The molecule has 0 unspecified atom stereocenters. The molecule has 0 amide bonds. The number of aromatic nitrogens is 2. The number of nitrogens with zero attached hydrogens (tertiary/aromatic N) is 2. The van der Waals surface area contributed by atoms with Gasteiger partial charge in [0.1, 0.15) is 0 Å². The fourth-order valence-corrected chi connectivity index (χ4v) is 1.39. The highest BCUT2D eigenvalue weighted by Crippen LogP contribution is 2.14. The van der Waals surface area contributed by atoms with Gasteiger partial charge in [0.15, 0.2) is 5.78 Å². The number of H-pyrrole nitrogens is 1. The van der Waals surface area contributed by atoms with E-state index in [1.165, 1.54) is 36.7 Å². The molecule has 0 atom stereocenters. The summed E-state index contributed by atoms with van der Waals surface area (Å²) in [6, 6.07) is 5.61. The zero-order valence-electron chi connectivity index (χ0n) is 9.24. The SMILES string of the molecule is O=C(/C=C/c1cnc[nH]1)c1cccc([N+](=O)[O-])c1. The lowest BCUT2D eigenvalue weighted by molar-refractivity contribution is -0.384. The van der Waals surface area contributed by atoms with Crippen molar-refractivity contribution in [3.05, 3.63) is 64.2 Å². The van der Waals surface area contributed by atoms with Gasteiger partial charge in [0.25, 0.3) is 5.69 Å². The highest BCUT2D eigenvalue weighted by atomic mass is 16.6. The Bertz CT molecular complexity index is 603. The van der Waals surface area contributed by atoms with Gasteiger partial charge in [-0.1, -0.05) is 12.1 Å². The van der Waals surface area contributed by atoms with Gasteiger partial charge in [-0.2, -0.15) is 0 Å². The Balaban J connectivity index is 2.19. The van der Waals surface area contributed by atoms with Gasteiger partial charge >= 0.3 is 0 Å². The van der Waals surface area contributed by atoms with Crippen LogP contribution in [0.3, 0.4) is 0 Å². The number of hydrogen-bond acceptors (Lipinski definition) is 4. The molecule has 0 aliphatic rings. The molecule has 0 saturated carbocycles. The predicted molar refractivity (Wildman–Crippen MR) is 65.0 cm³/mol. The summed E-state index contributed by atoms with van der Waals surface area (Å²) in [5, 5.41) is 10.6. The third-order valence-corrected chi connectivity index (χ3v) is 2.28. The molecule has 6 heteroatoms. The van der Waals surface area contributed by atoms with Crippen LogP contribution in [0, 0.1) is 10.1 Å². The standard InChI is InChI=1S/C12H9N3O3/c16-12(5-4-10-7-13-8-14-10)9-2-1-3-11(6-9)15(17)18/h1-8H,(H,13,14)/b5-4+. The first-order valence-electron chi connectivity index (χ1n) is 5.12. The molecular formula is C12H9N3O3. The minimum absolute atomic E-state index is 0.101. The number of nitro groups is 1. The van der Waals surface area contributed by atoms with Crippen LogP contribution in [0.4, 0.5) is 5.69 Å². The molecule has 2 aromatic rings. The molecule has 0 fully saturated rings. The number of non-ortho nitro benzene ring substituents is 1. The van der Waals surface area contributed by atoms with Crippen LogP contribution in [0.1, 0.15) is 16.1 Å². The lowest BCUT2D eigenvalue weighted by atomic mass is 10.1. The van der Waals surface area contributed by atoms with Gasteiger partial charge in [0.2, 0.25) is 0 Å². The normalized spacial score (nSPS) is 10.7. The van der Waals surface area contributed by atoms with E-state index in [1.54, 1.807) is 12.3 Å². The van der Waals surface area contributed by atoms with E-state index in [4.69, 9.17) is 0 Å². The molecule has 2 rings (SSSR count). The molecule has 0 aliphatic carbocycles. The lowest BCUT2D eigenvalue weighted by Gasteiger charge is -1.95. The number of nitrogens with one attached hydrogen (secondary N) is 1. The van der Waals surface area contributed by atoms with Gasteiger partial charge in [-0.15, -0.1) is 0 Å². The van der Waals surface area contributed by atoms with Gasteiger partial charge in [-0.3, -0.25) is 14.9 Å². The van der Waals surface area contributed by atoms with Gasteiger partial charge in [-0.25, -0.2) is 4.98 Å². The summed E-state index contributed by atoms with van der Waals surface area (Å²) in [6.07, 6.45) is 5.97. The Labute approximate surface area is 102 Å². The van der Waals surface area contributed by atoms with Gasteiger partial charge in [-0.05, 0) is 12.2 Å². The molecule has 1 N–H and O–H groups in total. The summed E-state index contributed by atoms with van der Waals surface area (Å²) in [5.74, 6) is -0.298. The molecule has 1 aromatic carbocycles. The van der Waals surface area contributed by atoms with Crippen LogP contribution in [0.25, 0.3) is 6.08 Å². The van der Waals surface area contributed by atoms with Crippen molar-refractivity contribution < 1.29 is 9.72 Å². The maximum absolute atomic E-state index is 11.8. The molecule has 0 bridgehead atoms. The smallest absolute Gasteiger partial charge is 0.270 e. The molecule has 0 saturated heterocycles. The van der Waals surface area contributed by atoms with Crippen molar-refractivity contribution in [1.82, 2.24) is 9.97 Å². The second-order valence-electron chi connectivity index (χ2n) is 3.51. The van der Waals surface area contributed by atoms with E-state index >= 15 is 0 Å². The zero-order chi connectivity index (χ0) is 13.0. The summed E-state index contributed by atoms with van der Waals surface area (Å²) >= 11 is 0. The highest BCUT2D eigenvalue weighted by molar-refractivity contribution is 6.07. The Morgan fingerprint density at radius 1 is 1.44 bits per heavy atom. The number of carbonyl (C=O) groups is 1. The van der Waals surface area contributed by atoms with Crippen molar-refractivity contribution in [1.29, 1.82) is 0 Å². The molecule has 18 heavy (non-hydrogen) atoms. The summed E-state index contributed by atoms with van der Waals surface area (Å²) in [6.45, 7) is 0. The molecule has 90 valence electrons. The minimum Gasteiger partial charge on any atom is -0.345 e. The third-order valence-electron chi connectivity index (χ3n) is 2.28. The number of nitro benzene ring substituents is 1. The fourth-order valence-electron chi connectivity index (χ4n) is 1.39. The average molecular weight is 243 g/mol. The number of ketones is 1. The molecule has 0 spiro atoms. The topological polar surface area (TPSA) is 88.9 Å². The Morgan fingerprint density at radius 3 is 2.94 bits per heavy atom. The maximum atomic E-state index is 11.8. The molecule has 0 radical (unpaired) electrons. The van der Waals surface area contributed by atoms with Crippen LogP contribution >= 0.6 is 0 Å². The first kappa shape index (κ1) is 11.7. The summed E-state index contributed by atoms with van der Waals surface area (Å²) in [7, 11) is 0. The van der Waals surface area contributed by atoms with E-state index in [9.17, 15) is 14.9 Å². The zero-order valence-corrected chi connectivity index (χ0v) is 9.24. The van der Waals surface area contributed by atoms with E-state index in [0.717, 1.165) is 0 Å². The second kappa shape index (κ2) is 5.05. The highest BCUT2D eigenvalue weighted by Gasteiger charge is 2.09. The van der Waals surface area contributed by atoms with E-state index in [-0.39, 0.29) is 17.0 Å². The summed E-state index contributed by atoms with van der Waals surface area (Å²) in [5.41, 5.74) is 0.865. The van der Waals surface area contributed by atoms with E-state index < -0.39 is 4.92 Å². The van der Waals surface area contributed by atoms with E-state index in [1.807, 2.05) is 0 Å². The molecule has 1 aromatic heterocycles. The second-order valence-corrected chi connectivity index (χ2v) is 3.51. The van der Waals surface area contributed by atoms with Gasteiger partial charge in [0.05, 0.1) is 23.1 Å². The van der Waals surface area contributed by atoms with Crippen molar-refractivity contribution in [3.8, 4) is 0 Å². The quantitative estimate of drug-likeness (QED) is 0.386. The number of benzene rings is 1. The fraction of sp³-hybridized carbons (Fsp3) is 0. The van der Waals surface area contributed by atoms with Crippen LogP contribution in [0.15, 0.2) is 42.9 Å². The van der Waals surface area contributed by atoms with Crippen molar-refractivity contribution in [2.45, 2.75) is 0 Å². The third kappa shape index (κ3) is 2.67. The number of aromatic amines is 1. The first-order chi connectivity index (χ1) is 8.66. The van der Waals surface area contributed by atoms with E-state index in [0.29, 0.717) is 5.69 Å². The van der Waals surface area contributed by atoms with Crippen LogP contribution < -0.4 is 0 Å². The van der Waals surface area contributed by atoms with Crippen LogP contribution in [-0.4, -0.2) is 20.7 Å². The molecular weight excluding hydrogens is 234 g/mol. The van der Waals surface area contributed by atoms with E-state index in [2.05, 4.69) is 9.97 Å². The summed E-state index contributed by atoms with van der Waals surface area (Å²) in [4.78, 5) is 28.4. The van der Waals surface area contributed by atoms with Crippen LogP contribution in [-0.2, 0) is 0 Å². The summed E-state index contributed by atoms with van der Waals surface area (Å²) < 4.78 is 0. The van der Waals surface area contributed by atoms with Crippen molar-refractivity contribution >= 4 is 17.5 Å². The van der Waals surface area contributed by atoms with Crippen LogP contribution in [0.5, 0.6) is 0 Å². The number of rotatable bonds is 4.